The molecule has 1 atom stereocenters. The van der Waals surface area contributed by atoms with Crippen molar-refractivity contribution in [2.75, 3.05) is 20.1 Å². The predicted molar refractivity (Wildman–Crippen MR) is 78.2 cm³/mol. The van der Waals surface area contributed by atoms with E-state index in [0.717, 1.165) is 23.1 Å². The van der Waals surface area contributed by atoms with Gasteiger partial charge in [-0.2, -0.15) is 0 Å². The lowest BCUT2D eigenvalue weighted by Gasteiger charge is -2.19. The van der Waals surface area contributed by atoms with Crippen LogP contribution in [-0.2, 0) is 6.54 Å². The van der Waals surface area contributed by atoms with Crippen LogP contribution in [-0.4, -0.2) is 36.0 Å². The zero-order valence-corrected chi connectivity index (χ0v) is 12.5. The number of benzene rings is 1. The lowest BCUT2D eigenvalue weighted by Crippen LogP contribution is -2.35. The number of likely N-dealkylation sites (N-methyl/N-ethyl adjacent to an activating group) is 1. The number of likely N-dealkylation sites (tertiary alicyclic amines) is 1. The molecule has 2 rings (SSSR count). The highest BCUT2D eigenvalue weighted by Gasteiger charge is 2.20. The number of nitrogens with zero attached hydrogens (tertiary/aromatic N) is 2. The van der Waals surface area contributed by atoms with Crippen molar-refractivity contribution < 1.29 is 4.92 Å². The summed E-state index contributed by atoms with van der Waals surface area (Å²) in [6, 6.07) is 5.74. The van der Waals surface area contributed by atoms with Crippen LogP contribution in [0.2, 0.25) is 0 Å². The zero-order valence-electron chi connectivity index (χ0n) is 10.9. The number of nitrogens with one attached hydrogen (secondary N) is 1. The highest BCUT2D eigenvalue weighted by molar-refractivity contribution is 9.10. The van der Waals surface area contributed by atoms with E-state index >= 15 is 0 Å². The van der Waals surface area contributed by atoms with Gasteiger partial charge in [-0.15, -0.1) is 0 Å². The average Bonchev–Trinajstić information content (AvgIpc) is 2.77. The lowest BCUT2D eigenvalue weighted by atomic mass is 10.1. The van der Waals surface area contributed by atoms with Crippen LogP contribution >= 0.6 is 15.9 Å². The zero-order chi connectivity index (χ0) is 13.8. The Balaban J connectivity index is 1.94. The van der Waals surface area contributed by atoms with Gasteiger partial charge in [0, 0.05) is 35.2 Å². The van der Waals surface area contributed by atoms with Gasteiger partial charge in [-0.05, 0) is 38.6 Å². The van der Waals surface area contributed by atoms with Crippen LogP contribution in [0.1, 0.15) is 18.4 Å². The fourth-order valence-electron chi connectivity index (χ4n) is 2.47. The summed E-state index contributed by atoms with van der Waals surface area (Å²) >= 11 is 3.26. The van der Waals surface area contributed by atoms with E-state index in [1.165, 1.54) is 12.8 Å². The van der Waals surface area contributed by atoms with Gasteiger partial charge >= 0.3 is 0 Å². The van der Waals surface area contributed by atoms with E-state index in [9.17, 15) is 10.1 Å². The molecule has 0 aromatic heterocycles. The van der Waals surface area contributed by atoms with Crippen molar-refractivity contribution in [3.8, 4) is 0 Å². The molecule has 6 heteroatoms. The molecule has 1 unspecified atom stereocenters. The van der Waals surface area contributed by atoms with Crippen LogP contribution in [0.15, 0.2) is 22.7 Å². The number of nitro groups is 1. The number of rotatable bonds is 5. The molecule has 0 spiro atoms. The van der Waals surface area contributed by atoms with Gasteiger partial charge in [0.2, 0.25) is 0 Å². The maximum Gasteiger partial charge on any atom is 0.275 e. The van der Waals surface area contributed by atoms with E-state index in [1.54, 1.807) is 12.1 Å². The predicted octanol–water partition coefficient (Wildman–Crippen LogP) is 2.54. The third-order valence-corrected chi connectivity index (χ3v) is 4.10. The van der Waals surface area contributed by atoms with E-state index in [0.29, 0.717) is 12.6 Å². The van der Waals surface area contributed by atoms with Gasteiger partial charge in [0.25, 0.3) is 5.69 Å². The van der Waals surface area contributed by atoms with Crippen molar-refractivity contribution in [2.24, 2.45) is 0 Å². The van der Waals surface area contributed by atoms with E-state index in [2.05, 4.69) is 33.2 Å². The number of halogens is 1. The van der Waals surface area contributed by atoms with E-state index < -0.39 is 0 Å². The van der Waals surface area contributed by atoms with Gasteiger partial charge < -0.3 is 10.2 Å². The van der Waals surface area contributed by atoms with Gasteiger partial charge in [-0.3, -0.25) is 10.1 Å². The fourth-order valence-corrected chi connectivity index (χ4v) is 2.82. The van der Waals surface area contributed by atoms with Gasteiger partial charge in [-0.1, -0.05) is 15.9 Å². The summed E-state index contributed by atoms with van der Waals surface area (Å²) in [5.74, 6) is 0. The second-order valence-electron chi connectivity index (χ2n) is 4.94. The van der Waals surface area contributed by atoms with Crippen LogP contribution in [0, 0.1) is 10.1 Å². The first-order valence-electron chi connectivity index (χ1n) is 6.41. The van der Waals surface area contributed by atoms with Crippen molar-refractivity contribution in [3.05, 3.63) is 38.3 Å². The Morgan fingerprint density at radius 1 is 1.58 bits per heavy atom. The minimum atomic E-state index is -0.330. The maximum atomic E-state index is 11.0. The van der Waals surface area contributed by atoms with Crippen LogP contribution in [0.25, 0.3) is 0 Å². The normalized spacial score (nSPS) is 19.8. The summed E-state index contributed by atoms with van der Waals surface area (Å²) in [4.78, 5) is 13.0. The second-order valence-corrected chi connectivity index (χ2v) is 5.85. The molecule has 104 valence electrons. The summed E-state index contributed by atoms with van der Waals surface area (Å²) in [6.45, 7) is 2.56. The molecular formula is C13H18BrN3O2. The van der Waals surface area contributed by atoms with Crippen molar-refractivity contribution in [3.63, 3.8) is 0 Å². The van der Waals surface area contributed by atoms with Crippen molar-refractivity contribution in [1.82, 2.24) is 10.2 Å². The van der Waals surface area contributed by atoms with Crippen molar-refractivity contribution >= 4 is 21.6 Å². The fraction of sp³-hybridized carbons (Fsp3) is 0.538. The van der Waals surface area contributed by atoms with E-state index in [4.69, 9.17) is 0 Å². The summed E-state index contributed by atoms with van der Waals surface area (Å²) in [5, 5.41) is 14.3. The first-order valence-corrected chi connectivity index (χ1v) is 7.21. The lowest BCUT2D eigenvalue weighted by molar-refractivity contribution is -0.385. The minimum Gasteiger partial charge on any atom is -0.311 e. The maximum absolute atomic E-state index is 11.0. The Morgan fingerprint density at radius 2 is 2.37 bits per heavy atom. The van der Waals surface area contributed by atoms with Crippen LogP contribution < -0.4 is 5.32 Å². The molecule has 0 amide bonds. The van der Waals surface area contributed by atoms with Crippen LogP contribution in [0.3, 0.4) is 0 Å². The second kappa shape index (κ2) is 6.45. The third kappa shape index (κ3) is 3.75. The van der Waals surface area contributed by atoms with Crippen LogP contribution in [0.5, 0.6) is 0 Å². The Labute approximate surface area is 121 Å². The molecule has 1 N–H and O–H groups in total. The quantitative estimate of drug-likeness (QED) is 0.667. The summed E-state index contributed by atoms with van der Waals surface area (Å²) in [5.41, 5.74) is 0.899. The van der Waals surface area contributed by atoms with Crippen LogP contribution in [0.4, 0.5) is 5.69 Å². The molecule has 1 aliphatic rings. The molecule has 0 saturated carbocycles. The summed E-state index contributed by atoms with van der Waals surface area (Å²) in [6.07, 6.45) is 2.44. The standard InChI is InChI=1S/C13H18BrN3O2/c1-16-6-2-3-12(16)9-15-8-10-4-5-11(14)7-13(10)17(18)19/h4-5,7,12,15H,2-3,6,8-9H2,1H3. The molecule has 0 radical (unpaired) electrons. The minimum absolute atomic E-state index is 0.168. The van der Waals surface area contributed by atoms with E-state index in [1.807, 2.05) is 6.07 Å². The average molecular weight is 328 g/mol. The molecule has 0 aliphatic carbocycles. The van der Waals surface area contributed by atoms with Gasteiger partial charge in [-0.25, -0.2) is 0 Å². The van der Waals surface area contributed by atoms with Gasteiger partial charge in [0.15, 0.2) is 0 Å². The topological polar surface area (TPSA) is 58.4 Å². The molecule has 1 saturated heterocycles. The molecule has 1 aromatic carbocycles. The highest BCUT2D eigenvalue weighted by atomic mass is 79.9. The first kappa shape index (κ1) is 14.4. The van der Waals surface area contributed by atoms with Crippen molar-refractivity contribution in [2.45, 2.75) is 25.4 Å². The van der Waals surface area contributed by atoms with Crippen molar-refractivity contribution in [1.29, 1.82) is 0 Å². The van der Waals surface area contributed by atoms with Gasteiger partial charge in [0.1, 0.15) is 0 Å². The highest BCUT2D eigenvalue weighted by Crippen LogP contribution is 2.23. The molecule has 19 heavy (non-hydrogen) atoms. The molecule has 1 heterocycles. The summed E-state index contributed by atoms with van der Waals surface area (Å²) in [7, 11) is 2.13. The number of hydrogen-bond donors (Lipinski definition) is 1. The molecule has 5 nitrogen and oxygen atoms in total. The van der Waals surface area contributed by atoms with E-state index in [-0.39, 0.29) is 10.6 Å². The largest absolute Gasteiger partial charge is 0.311 e. The SMILES string of the molecule is CN1CCCC1CNCc1ccc(Br)cc1[N+](=O)[O-]. The Kier molecular flexibility index (Phi) is 4.90. The summed E-state index contributed by atoms with van der Waals surface area (Å²) < 4.78 is 0.735. The molecule has 1 aliphatic heterocycles. The van der Waals surface area contributed by atoms with Gasteiger partial charge in [0.05, 0.1) is 4.92 Å². The Hall–Kier alpha value is -0.980. The Bertz CT molecular complexity index is 467. The monoisotopic (exact) mass is 327 g/mol. The smallest absolute Gasteiger partial charge is 0.275 e. The molecular weight excluding hydrogens is 310 g/mol. The molecule has 1 aromatic rings. The number of hydrogen-bond acceptors (Lipinski definition) is 4. The first-order chi connectivity index (χ1) is 9.08. The Morgan fingerprint density at radius 3 is 3.00 bits per heavy atom. The third-order valence-electron chi connectivity index (χ3n) is 3.61. The number of nitro benzene ring substituents is 1. The molecule has 0 bridgehead atoms. The molecule has 1 fully saturated rings.